The summed E-state index contributed by atoms with van der Waals surface area (Å²) in [6, 6.07) is 0. The third-order valence-electron chi connectivity index (χ3n) is 1.82. The molecular formula is C8H7F5N2. The zero-order chi connectivity index (χ0) is 11.6. The molecule has 3 N–H and O–H groups in total. The van der Waals surface area contributed by atoms with Crippen LogP contribution in [0.15, 0.2) is 0 Å². The van der Waals surface area contributed by atoms with Crippen molar-refractivity contribution in [3.63, 3.8) is 0 Å². The van der Waals surface area contributed by atoms with Gasteiger partial charge in [-0.2, -0.15) is 0 Å². The van der Waals surface area contributed by atoms with Gasteiger partial charge in [0.1, 0.15) is 0 Å². The Morgan fingerprint density at radius 3 is 1.60 bits per heavy atom. The predicted octanol–water partition coefficient (Wildman–Crippen LogP) is 1.39. The van der Waals surface area contributed by atoms with Crippen LogP contribution in [-0.2, 0) is 6.42 Å². The van der Waals surface area contributed by atoms with Crippen LogP contribution in [0.2, 0.25) is 0 Å². The fourth-order valence-corrected chi connectivity index (χ4v) is 1.07. The van der Waals surface area contributed by atoms with Crippen LogP contribution in [0.1, 0.15) is 5.56 Å². The minimum absolute atomic E-state index is 0.0989. The summed E-state index contributed by atoms with van der Waals surface area (Å²) in [6.07, 6.45) is -0.387. The van der Waals surface area contributed by atoms with Gasteiger partial charge >= 0.3 is 0 Å². The number of rotatable bonds is 3. The quantitative estimate of drug-likeness (QED) is 0.269. The van der Waals surface area contributed by atoms with Crippen molar-refractivity contribution in [1.29, 1.82) is 0 Å². The molecular weight excluding hydrogens is 219 g/mol. The lowest BCUT2D eigenvalue weighted by molar-refractivity contribution is 0.369. The van der Waals surface area contributed by atoms with Gasteiger partial charge in [-0.25, -0.2) is 22.0 Å². The smallest absolute Gasteiger partial charge is 0.200 e. The van der Waals surface area contributed by atoms with Crippen molar-refractivity contribution in [2.45, 2.75) is 6.42 Å². The van der Waals surface area contributed by atoms with Crippen LogP contribution in [0.3, 0.4) is 0 Å². The van der Waals surface area contributed by atoms with Crippen molar-refractivity contribution in [2.24, 2.45) is 5.84 Å². The number of halogens is 5. The molecule has 0 aliphatic heterocycles. The molecule has 0 saturated heterocycles. The molecule has 15 heavy (non-hydrogen) atoms. The monoisotopic (exact) mass is 226 g/mol. The molecule has 0 saturated carbocycles. The summed E-state index contributed by atoms with van der Waals surface area (Å²) < 4.78 is 63.7. The van der Waals surface area contributed by atoms with Crippen LogP contribution in [-0.4, -0.2) is 6.54 Å². The first-order valence-corrected chi connectivity index (χ1v) is 3.94. The Balaban J connectivity index is 3.26. The molecule has 0 unspecified atom stereocenters. The highest BCUT2D eigenvalue weighted by atomic mass is 19.2. The highest BCUT2D eigenvalue weighted by Gasteiger charge is 2.24. The van der Waals surface area contributed by atoms with Gasteiger partial charge in [0.15, 0.2) is 23.3 Å². The lowest BCUT2D eigenvalue weighted by Gasteiger charge is -2.07. The topological polar surface area (TPSA) is 38.0 Å². The number of nitrogens with one attached hydrogen (secondary N) is 1. The van der Waals surface area contributed by atoms with Crippen LogP contribution in [0, 0.1) is 29.1 Å². The van der Waals surface area contributed by atoms with Gasteiger partial charge < -0.3 is 0 Å². The van der Waals surface area contributed by atoms with E-state index in [1.807, 2.05) is 0 Å². The van der Waals surface area contributed by atoms with Gasteiger partial charge in [-0.3, -0.25) is 11.3 Å². The maximum absolute atomic E-state index is 12.9. The van der Waals surface area contributed by atoms with Crippen molar-refractivity contribution in [3.8, 4) is 0 Å². The average molecular weight is 226 g/mol. The molecule has 0 aliphatic carbocycles. The molecule has 0 aromatic heterocycles. The summed E-state index contributed by atoms with van der Waals surface area (Å²) in [5.41, 5.74) is 1.18. The molecule has 0 aliphatic rings. The fourth-order valence-electron chi connectivity index (χ4n) is 1.07. The lowest BCUT2D eigenvalue weighted by Crippen LogP contribution is -2.25. The average Bonchev–Trinajstić information content (AvgIpc) is 2.24. The normalized spacial score (nSPS) is 10.8. The summed E-state index contributed by atoms with van der Waals surface area (Å²) in [5, 5.41) is 0. The summed E-state index contributed by atoms with van der Waals surface area (Å²) in [7, 11) is 0. The highest BCUT2D eigenvalue weighted by molar-refractivity contribution is 5.24. The number of hydrogen-bond acceptors (Lipinski definition) is 2. The molecule has 0 heterocycles. The van der Waals surface area contributed by atoms with Crippen molar-refractivity contribution >= 4 is 0 Å². The standard InChI is InChI=1S/C8H7F5N2/c9-4-3(1-2-15-14)5(10)7(12)8(13)6(4)11/h15H,1-2,14H2. The Bertz CT molecular complexity index is 351. The highest BCUT2D eigenvalue weighted by Crippen LogP contribution is 2.22. The van der Waals surface area contributed by atoms with Gasteiger partial charge in [-0.1, -0.05) is 0 Å². The Morgan fingerprint density at radius 2 is 1.20 bits per heavy atom. The van der Waals surface area contributed by atoms with Gasteiger partial charge in [0.05, 0.1) is 0 Å². The van der Waals surface area contributed by atoms with Crippen molar-refractivity contribution in [3.05, 3.63) is 34.6 Å². The van der Waals surface area contributed by atoms with E-state index >= 15 is 0 Å². The molecule has 0 fully saturated rings. The van der Waals surface area contributed by atoms with Gasteiger partial charge in [-0.15, -0.1) is 0 Å². The third-order valence-corrected chi connectivity index (χ3v) is 1.82. The van der Waals surface area contributed by atoms with Crippen molar-refractivity contribution in [1.82, 2.24) is 5.43 Å². The van der Waals surface area contributed by atoms with Gasteiger partial charge in [-0.05, 0) is 6.42 Å². The first-order chi connectivity index (χ1) is 7.00. The summed E-state index contributed by atoms with van der Waals surface area (Å²) in [6.45, 7) is -0.0989. The summed E-state index contributed by atoms with van der Waals surface area (Å²) in [4.78, 5) is 0. The van der Waals surface area contributed by atoms with E-state index in [0.717, 1.165) is 0 Å². The number of hydrogen-bond donors (Lipinski definition) is 2. The minimum atomic E-state index is -2.16. The van der Waals surface area contributed by atoms with Crippen LogP contribution in [0.25, 0.3) is 0 Å². The Labute approximate surface area is 81.8 Å². The Morgan fingerprint density at radius 1 is 0.800 bits per heavy atom. The van der Waals surface area contributed by atoms with E-state index in [-0.39, 0.29) is 13.0 Å². The zero-order valence-electron chi connectivity index (χ0n) is 7.38. The fraction of sp³-hybridized carbons (Fsp3) is 0.250. The van der Waals surface area contributed by atoms with E-state index in [1.165, 1.54) is 0 Å². The molecule has 2 nitrogen and oxygen atoms in total. The maximum atomic E-state index is 12.9. The molecule has 1 aromatic carbocycles. The molecule has 0 atom stereocenters. The second-order valence-electron chi connectivity index (χ2n) is 2.75. The minimum Gasteiger partial charge on any atom is -0.271 e. The molecule has 1 rings (SSSR count). The molecule has 0 radical (unpaired) electrons. The van der Waals surface area contributed by atoms with Gasteiger partial charge in [0, 0.05) is 12.1 Å². The van der Waals surface area contributed by atoms with E-state index < -0.39 is 34.6 Å². The predicted molar refractivity (Wildman–Crippen MR) is 42.1 cm³/mol. The molecule has 0 spiro atoms. The number of hydrazine groups is 1. The molecule has 0 bridgehead atoms. The molecule has 0 amide bonds. The van der Waals surface area contributed by atoms with Crippen molar-refractivity contribution in [2.75, 3.05) is 6.54 Å². The second kappa shape index (κ2) is 4.54. The molecule has 84 valence electrons. The maximum Gasteiger partial charge on any atom is 0.200 e. The number of nitrogens with two attached hydrogens (primary N) is 1. The third kappa shape index (κ3) is 2.07. The second-order valence-corrected chi connectivity index (χ2v) is 2.75. The number of benzene rings is 1. The van der Waals surface area contributed by atoms with Crippen LogP contribution in [0.4, 0.5) is 22.0 Å². The molecule has 7 heteroatoms. The van der Waals surface area contributed by atoms with E-state index in [4.69, 9.17) is 5.84 Å². The Kier molecular flexibility index (Phi) is 3.59. The zero-order valence-corrected chi connectivity index (χ0v) is 7.38. The SMILES string of the molecule is NNCCc1c(F)c(F)c(F)c(F)c1F. The van der Waals surface area contributed by atoms with Gasteiger partial charge in [0.25, 0.3) is 0 Å². The van der Waals surface area contributed by atoms with E-state index in [2.05, 4.69) is 5.43 Å². The Hall–Kier alpha value is -1.21. The van der Waals surface area contributed by atoms with E-state index in [1.54, 1.807) is 0 Å². The van der Waals surface area contributed by atoms with E-state index in [9.17, 15) is 22.0 Å². The van der Waals surface area contributed by atoms with Gasteiger partial charge in [0.2, 0.25) is 5.82 Å². The van der Waals surface area contributed by atoms with Crippen LogP contribution < -0.4 is 11.3 Å². The van der Waals surface area contributed by atoms with Crippen molar-refractivity contribution < 1.29 is 22.0 Å². The summed E-state index contributed by atoms with van der Waals surface area (Å²) >= 11 is 0. The largest absolute Gasteiger partial charge is 0.271 e. The summed E-state index contributed by atoms with van der Waals surface area (Å²) in [5.74, 6) is -4.85. The lowest BCUT2D eigenvalue weighted by atomic mass is 10.1. The first-order valence-electron chi connectivity index (χ1n) is 3.94. The van der Waals surface area contributed by atoms with E-state index in [0.29, 0.717) is 0 Å². The molecule has 1 aromatic rings. The van der Waals surface area contributed by atoms with Crippen LogP contribution >= 0.6 is 0 Å². The first kappa shape index (κ1) is 11.9. The van der Waals surface area contributed by atoms with Crippen LogP contribution in [0.5, 0.6) is 0 Å².